The Balaban J connectivity index is 1.27. The number of alkyl carbamates (subject to hydrolysis) is 1. The van der Waals surface area contributed by atoms with Gasteiger partial charge in [0.05, 0.1) is 23.3 Å². The Morgan fingerprint density at radius 1 is 1.07 bits per heavy atom. The monoisotopic (exact) mass is 592 g/mol. The minimum Gasteiger partial charge on any atom is -0.462 e. The van der Waals surface area contributed by atoms with Crippen molar-refractivity contribution in [1.29, 1.82) is 0 Å². The zero-order valence-corrected chi connectivity index (χ0v) is 25.8. The van der Waals surface area contributed by atoms with Gasteiger partial charge in [-0.25, -0.2) is 4.79 Å². The maximum Gasteiger partial charge on any atom is 0.407 e. The molecule has 0 radical (unpaired) electrons. The summed E-state index contributed by atoms with van der Waals surface area (Å²) in [6.07, 6.45) is 3.55. The quantitative estimate of drug-likeness (QED) is 0.406. The fourth-order valence-electron chi connectivity index (χ4n) is 6.37. The number of carbonyl (C=O) groups is 1. The lowest BCUT2D eigenvalue weighted by atomic mass is 10.0. The first kappa shape index (κ1) is 28.8. The summed E-state index contributed by atoms with van der Waals surface area (Å²) < 4.78 is 11.8. The molecule has 0 spiro atoms. The fraction of sp³-hybridized carbons (Fsp3) is 0.531. The van der Waals surface area contributed by atoms with Crippen LogP contribution in [0.5, 0.6) is 6.01 Å². The second-order valence-corrected chi connectivity index (χ2v) is 13.1. The summed E-state index contributed by atoms with van der Waals surface area (Å²) in [4.78, 5) is 29.4. The van der Waals surface area contributed by atoms with Gasteiger partial charge in [-0.15, -0.1) is 0 Å². The summed E-state index contributed by atoms with van der Waals surface area (Å²) in [6.45, 7) is 10.2. The number of hydrogen-bond donors (Lipinski definition) is 1. The highest BCUT2D eigenvalue weighted by Gasteiger charge is 2.32. The molecule has 1 aromatic heterocycles. The molecule has 4 heterocycles. The molecule has 1 amide bonds. The lowest BCUT2D eigenvalue weighted by molar-refractivity contribution is 0.0509. The van der Waals surface area contributed by atoms with E-state index in [1.165, 1.54) is 6.42 Å². The van der Waals surface area contributed by atoms with Crippen LogP contribution in [0.4, 0.5) is 16.3 Å². The van der Waals surface area contributed by atoms with E-state index < -0.39 is 5.60 Å². The van der Waals surface area contributed by atoms with E-state index in [4.69, 9.17) is 31.0 Å². The van der Waals surface area contributed by atoms with Crippen molar-refractivity contribution < 1.29 is 14.3 Å². The van der Waals surface area contributed by atoms with Crippen LogP contribution >= 0.6 is 11.6 Å². The summed E-state index contributed by atoms with van der Waals surface area (Å²) in [5.41, 5.74) is 2.71. The highest BCUT2D eigenvalue weighted by atomic mass is 35.5. The number of carbonyl (C=O) groups excluding carboxylic acids is 1. The van der Waals surface area contributed by atoms with Gasteiger partial charge in [-0.2, -0.15) is 9.97 Å². The number of hydrogen-bond acceptors (Lipinski definition) is 8. The molecule has 0 saturated carbocycles. The van der Waals surface area contributed by atoms with Crippen LogP contribution in [-0.2, 0) is 17.7 Å². The number of benzene rings is 2. The van der Waals surface area contributed by atoms with Gasteiger partial charge in [0.1, 0.15) is 18.0 Å². The Morgan fingerprint density at radius 2 is 1.88 bits per heavy atom. The molecule has 1 N–H and O–H groups in total. The van der Waals surface area contributed by atoms with Crippen molar-refractivity contribution in [2.45, 2.75) is 70.7 Å². The van der Waals surface area contributed by atoms with Crippen LogP contribution in [0.3, 0.4) is 0 Å². The van der Waals surface area contributed by atoms with Crippen molar-refractivity contribution in [2.75, 3.05) is 49.6 Å². The number of likely N-dealkylation sites (N-methyl/N-ethyl adjacent to an activating group) is 1. The van der Waals surface area contributed by atoms with Crippen LogP contribution in [0.1, 0.15) is 51.3 Å². The zero-order chi connectivity index (χ0) is 29.4. The Morgan fingerprint density at radius 3 is 2.64 bits per heavy atom. The first-order valence-corrected chi connectivity index (χ1v) is 15.4. The number of nitrogens with one attached hydrogen (secondary N) is 1. The van der Waals surface area contributed by atoms with E-state index in [0.717, 1.165) is 77.5 Å². The average Bonchev–Trinajstić information content (AvgIpc) is 3.58. The highest BCUT2D eigenvalue weighted by molar-refractivity contribution is 6.36. The summed E-state index contributed by atoms with van der Waals surface area (Å²) in [5, 5.41) is 5.99. The van der Waals surface area contributed by atoms with Crippen LogP contribution in [0.2, 0.25) is 5.02 Å². The van der Waals surface area contributed by atoms with Gasteiger partial charge in [-0.05, 0) is 77.6 Å². The number of aromatic nitrogens is 2. The molecule has 9 nitrogen and oxygen atoms in total. The van der Waals surface area contributed by atoms with Crippen LogP contribution in [0.25, 0.3) is 10.8 Å². The van der Waals surface area contributed by atoms with E-state index >= 15 is 0 Å². The van der Waals surface area contributed by atoms with Gasteiger partial charge < -0.3 is 29.5 Å². The van der Waals surface area contributed by atoms with Crippen LogP contribution in [0.15, 0.2) is 36.4 Å². The van der Waals surface area contributed by atoms with Crippen molar-refractivity contribution in [3.8, 4) is 6.01 Å². The number of fused-ring (bicyclic) bond motifs is 2. The van der Waals surface area contributed by atoms with E-state index in [1.807, 2.05) is 32.9 Å². The molecular formula is C32H41ClN6O3. The molecule has 3 aliphatic rings. The Hall–Kier alpha value is -3.30. The number of amides is 1. The number of nitrogens with zero attached hydrogens (tertiary/aromatic N) is 5. The third-order valence-corrected chi connectivity index (χ3v) is 8.80. The molecule has 2 aromatic carbocycles. The standard InChI is InChI=1S/C32H41ClN6O3/c1-32(2,3)42-31(40)34-22-13-16-39(18-22)29-24-14-17-38(27-12-6-9-21-8-5-11-25(33)28(21)27)19-26(24)35-30(36-29)41-20-23-10-7-15-37(23)4/h5-6,8-9,11-12,22-23H,7,10,13-20H2,1-4H3,(H,34,40). The van der Waals surface area contributed by atoms with Gasteiger partial charge in [0.15, 0.2) is 0 Å². The van der Waals surface area contributed by atoms with Crippen molar-refractivity contribution in [3.05, 3.63) is 52.7 Å². The predicted molar refractivity (Wildman–Crippen MR) is 167 cm³/mol. The van der Waals surface area contributed by atoms with Crippen molar-refractivity contribution >= 4 is 40.0 Å². The van der Waals surface area contributed by atoms with Gasteiger partial charge >= 0.3 is 12.1 Å². The maximum atomic E-state index is 12.5. The topological polar surface area (TPSA) is 83.1 Å². The molecule has 10 heteroatoms. The molecule has 6 rings (SSSR count). The van der Waals surface area contributed by atoms with E-state index in [1.54, 1.807) is 0 Å². The van der Waals surface area contributed by atoms with E-state index in [9.17, 15) is 4.79 Å². The van der Waals surface area contributed by atoms with E-state index in [2.05, 4.69) is 51.3 Å². The first-order valence-electron chi connectivity index (χ1n) is 15.0. The lowest BCUT2D eigenvalue weighted by Gasteiger charge is -2.33. The molecule has 2 saturated heterocycles. The number of ether oxygens (including phenoxy) is 2. The Labute approximate surface area is 253 Å². The second kappa shape index (κ2) is 11.8. The minimum absolute atomic E-state index is 0.0140. The van der Waals surface area contributed by atoms with Gasteiger partial charge in [0.2, 0.25) is 0 Å². The molecule has 3 aliphatic heterocycles. The predicted octanol–water partition coefficient (Wildman–Crippen LogP) is 5.42. The third-order valence-electron chi connectivity index (χ3n) is 8.48. The molecule has 0 bridgehead atoms. The minimum atomic E-state index is -0.534. The Bertz CT molecular complexity index is 1450. The smallest absolute Gasteiger partial charge is 0.407 e. The van der Waals surface area contributed by atoms with Crippen LogP contribution in [0, 0.1) is 0 Å². The molecule has 2 fully saturated rings. The summed E-state index contributed by atoms with van der Waals surface area (Å²) >= 11 is 6.70. The third kappa shape index (κ3) is 6.22. The molecule has 2 unspecified atom stereocenters. The second-order valence-electron chi connectivity index (χ2n) is 12.7. The molecule has 224 valence electrons. The first-order chi connectivity index (χ1) is 20.1. The summed E-state index contributed by atoms with van der Waals surface area (Å²) in [6, 6.07) is 13.2. The number of rotatable bonds is 6. The number of likely N-dealkylation sites (tertiary alicyclic amines) is 1. The lowest BCUT2D eigenvalue weighted by Crippen LogP contribution is -2.41. The van der Waals surface area contributed by atoms with Crippen molar-refractivity contribution in [3.63, 3.8) is 0 Å². The van der Waals surface area contributed by atoms with E-state index in [-0.39, 0.29) is 12.1 Å². The van der Waals surface area contributed by atoms with Crippen LogP contribution < -0.4 is 19.9 Å². The van der Waals surface area contributed by atoms with Crippen LogP contribution in [-0.4, -0.2) is 78.5 Å². The number of anilines is 2. The summed E-state index contributed by atoms with van der Waals surface area (Å²) in [5.74, 6) is 0.916. The molecule has 3 aromatic rings. The number of halogens is 1. The van der Waals surface area contributed by atoms with Gasteiger partial charge in [-0.1, -0.05) is 35.9 Å². The largest absolute Gasteiger partial charge is 0.462 e. The van der Waals surface area contributed by atoms with Gasteiger partial charge in [0.25, 0.3) is 0 Å². The average molecular weight is 593 g/mol. The van der Waals surface area contributed by atoms with E-state index in [0.29, 0.717) is 31.7 Å². The zero-order valence-electron chi connectivity index (χ0n) is 25.0. The molecule has 2 atom stereocenters. The fourth-order valence-corrected chi connectivity index (χ4v) is 6.64. The van der Waals surface area contributed by atoms with Gasteiger partial charge in [-0.3, -0.25) is 0 Å². The maximum absolute atomic E-state index is 12.5. The molecule has 0 aliphatic carbocycles. The SMILES string of the molecule is CN1CCCC1COc1nc2c(c(N3CCC(NC(=O)OC(C)(C)C)C3)n1)CCN(c1cccc3cccc(Cl)c13)C2. The normalized spacial score (nSPS) is 21.1. The molecular weight excluding hydrogens is 552 g/mol. The summed E-state index contributed by atoms with van der Waals surface area (Å²) in [7, 11) is 2.15. The van der Waals surface area contributed by atoms with Gasteiger partial charge in [0, 0.05) is 42.3 Å². The Kier molecular flexibility index (Phi) is 8.07. The van der Waals surface area contributed by atoms with Crippen molar-refractivity contribution in [2.24, 2.45) is 0 Å². The molecule has 42 heavy (non-hydrogen) atoms. The highest BCUT2D eigenvalue weighted by Crippen LogP contribution is 2.37. The van der Waals surface area contributed by atoms with Crippen molar-refractivity contribution in [1.82, 2.24) is 20.2 Å².